The van der Waals surface area contributed by atoms with Crippen LogP contribution in [0.1, 0.15) is 24.8 Å². The Bertz CT molecular complexity index is 659. The van der Waals surface area contributed by atoms with Gasteiger partial charge in [-0.15, -0.1) is 0 Å². The lowest BCUT2D eigenvalue weighted by Gasteiger charge is -2.21. The third kappa shape index (κ3) is 5.94. The Morgan fingerprint density at radius 1 is 1.04 bits per heavy atom. The Kier molecular flexibility index (Phi) is 7.68. The quantitative estimate of drug-likeness (QED) is 0.567. The molecule has 0 saturated carbocycles. The fourth-order valence-electron chi connectivity index (χ4n) is 3.78. The van der Waals surface area contributed by atoms with Gasteiger partial charge in [0.2, 0.25) is 5.91 Å². The fourth-order valence-corrected chi connectivity index (χ4v) is 3.78. The van der Waals surface area contributed by atoms with Gasteiger partial charge < -0.3 is 25.3 Å². The molecule has 0 bridgehead atoms. The van der Waals surface area contributed by atoms with Crippen LogP contribution in [0, 0.1) is 0 Å². The number of nitrogens with zero attached hydrogens (tertiary/aromatic N) is 4. The van der Waals surface area contributed by atoms with Crippen LogP contribution in [-0.2, 0) is 11.3 Å². The SMILES string of the molecule is CN=C(NCCN1CCCN(C)CC1)NCc1ccc(N2CCCC2=O)cc1. The molecule has 7 nitrogen and oxygen atoms in total. The predicted octanol–water partition coefficient (Wildman–Crippen LogP) is 1.12. The number of carbonyl (C=O) groups excluding carboxylic acids is 1. The first kappa shape index (κ1) is 20.6. The van der Waals surface area contributed by atoms with E-state index in [1.807, 2.05) is 17.0 Å². The highest BCUT2D eigenvalue weighted by molar-refractivity contribution is 5.95. The van der Waals surface area contributed by atoms with Crippen molar-refractivity contribution in [3.63, 3.8) is 0 Å². The van der Waals surface area contributed by atoms with Gasteiger partial charge in [0.25, 0.3) is 0 Å². The molecule has 2 N–H and O–H groups in total. The normalized spacial score (nSPS) is 19.7. The van der Waals surface area contributed by atoms with Gasteiger partial charge in [0.15, 0.2) is 5.96 Å². The molecule has 1 amide bonds. The maximum Gasteiger partial charge on any atom is 0.227 e. The molecule has 0 aromatic heterocycles. The number of guanidine groups is 1. The van der Waals surface area contributed by atoms with Gasteiger partial charge >= 0.3 is 0 Å². The topological polar surface area (TPSA) is 63.2 Å². The second-order valence-corrected chi connectivity index (χ2v) is 7.67. The molecule has 2 saturated heterocycles. The van der Waals surface area contributed by atoms with Crippen molar-refractivity contribution in [1.29, 1.82) is 0 Å². The molecule has 2 aliphatic rings. The number of benzene rings is 1. The van der Waals surface area contributed by atoms with E-state index in [1.54, 1.807) is 7.05 Å². The Morgan fingerprint density at radius 3 is 2.57 bits per heavy atom. The molecule has 28 heavy (non-hydrogen) atoms. The average Bonchev–Trinajstić information content (AvgIpc) is 3.03. The maximum absolute atomic E-state index is 11.8. The van der Waals surface area contributed by atoms with Crippen LogP contribution < -0.4 is 15.5 Å². The molecule has 0 spiro atoms. The number of rotatable bonds is 6. The first-order valence-corrected chi connectivity index (χ1v) is 10.4. The van der Waals surface area contributed by atoms with Crippen LogP contribution in [0.4, 0.5) is 5.69 Å². The number of hydrogen-bond donors (Lipinski definition) is 2. The molecule has 2 heterocycles. The first-order valence-electron chi connectivity index (χ1n) is 10.4. The van der Waals surface area contributed by atoms with Gasteiger partial charge in [-0.2, -0.15) is 0 Å². The van der Waals surface area contributed by atoms with Crippen LogP contribution >= 0.6 is 0 Å². The Balaban J connectivity index is 1.39. The Labute approximate surface area is 168 Å². The molecule has 0 atom stereocenters. The summed E-state index contributed by atoms with van der Waals surface area (Å²) >= 11 is 0. The number of amides is 1. The highest BCUT2D eigenvalue weighted by Gasteiger charge is 2.21. The maximum atomic E-state index is 11.8. The van der Waals surface area contributed by atoms with Gasteiger partial charge in [0.05, 0.1) is 0 Å². The van der Waals surface area contributed by atoms with Gasteiger partial charge in [-0.1, -0.05) is 12.1 Å². The summed E-state index contributed by atoms with van der Waals surface area (Å²) in [6, 6.07) is 8.23. The van der Waals surface area contributed by atoms with Gasteiger partial charge in [0, 0.05) is 58.4 Å². The molecular weight excluding hydrogens is 352 g/mol. The van der Waals surface area contributed by atoms with Crippen LogP contribution in [0.25, 0.3) is 0 Å². The van der Waals surface area contributed by atoms with Crippen molar-refractivity contribution in [2.75, 3.05) is 64.8 Å². The molecule has 1 aromatic carbocycles. The summed E-state index contributed by atoms with van der Waals surface area (Å²) in [5.74, 6) is 1.05. The zero-order chi connectivity index (χ0) is 19.8. The largest absolute Gasteiger partial charge is 0.355 e. The van der Waals surface area contributed by atoms with Crippen molar-refractivity contribution in [2.24, 2.45) is 4.99 Å². The summed E-state index contributed by atoms with van der Waals surface area (Å²) in [6.45, 7) is 8.11. The van der Waals surface area contributed by atoms with Gasteiger partial charge in [-0.3, -0.25) is 9.79 Å². The molecule has 2 fully saturated rings. The summed E-state index contributed by atoms with van der Waals surface area (Å²) in [4.78, 5) is 23.0. The highest BCUT2D eigenvalue weighted by atomic mass is 16.2. The number of nitrogens with one attached hydrogen (secondary N) is 2. The van der Waals surface area contributed by atoms with Gasteiger partial charge in [-0.25, -0.2) is 0 Å². The van der Waals surface area contributed by atoms with Crippen LogP contribution in [-0.4, -0.2) is 81.6 Å². The Morgan fingerprint density at radius 2 is 1.86 bits per heavy atom. The lowest BCUT2D eigenvalue weighted by molar-refractivity contribution is -0.117. The lowest BCUT2D eigenvalue weighted by atomic mass is 10.2. The first-order chi connectivity index (χ1) is 13.7. The molecule has 154 valence electrons. The number of anilines is 1. The van der Waals surface area contributed by atoms with E-state index in [4.69, 9.17) is 0 Å². The molecular formula is C21H34N6O. The van der Waals surface area contributed by atoms with Crippen molar-refractivity contribution in [1.82, 2.24) is 20.4 Å². The number of hydrogen-bond acceptors (Lipinski definition) is 4. The molecule has 0 radical (unpaired) electrons. The van der Waals surface area contributed by atoms with E-state index in [-0.39, 0.29) is 5.91 Å². The van der Waals surface area contributed by atoms with E-state index >= 15 is 0 Å². The average molecular weight is 387 g/mol. The van der Waals surface area contributed by atoms with Crippen LogP contribution in [0.3, 0.4) is 0 Å². The van der Waals surface area contributed by atoms with Gasteiger partial charge in [0.1, 0.15) is 0 Å². The second kappa shape index (κ2) is 10.4. The van der Waals surface area contributed by atoms with Crippen LogP contribution in [0.2, 0.25) is 0 Å². The standard InChI is InChI=1S/C21H34N6O/c1-22-21(23-10-14-26-12-4-11-25(2)15-16-26)24-17-18-6-8-19(9-7-18)27-13-3-5-20(27)28/h6-9H,3-5,10-17H2,1-2H3,(H2,22,23,24). The van der Waals surface area contributed by atoms with Gasteiger partial charge in [-0.05, 0) is 50.7 Å². The third-order valence-corrected chi connectivity index (χ3v) is 5.54. The van der Waals surface area contributed by atoms with Crippen LogP contribution in [0.5, 0.6) is 0 Å². The minimum Gasteiger partial charge on any atom is -0.355 e. The molecule has 3 rings (SSSR count). The number of carbonyl (C=O) groups is 1. The summed E-state index contributed by atoms with van der Waals surface area (Å²) in [7, 11) is 4.00. The van der Waals surface area contributed by atoms with E-state index < -0.39 is 0 Å². The van der Waals surface area contributed by atoms with Crippen LogP contribution in [0.15, 0.2) is 29.3 Å². The van der Waals surface area contributed by atoms with Crippen molar-refractivity contribution >= 4 is 17.6 Å². The molecule has 0 unspecified atom stereocenters. The summed E-state index contributed by atoms with van der Waals surface area (Å²) in [6.07, 6.45) is 2.86. The smallest absolute Gasteiger partial charge is 0.227 e. The zero-order valence-electron chi connectivity index (χ0n) is 17.3. The molecule has 2 aliphatic heterocycles. The number of aliphatic imine (C=N–C) groups is 1. The molecule has 1 aromatic rings. The van der Waals surface area contributed by atoms with Crippen molar-refractivity contribution in [3.8, 4) is 0 Å². The predicted molar refractivity (Wildman–Crippen MR) is 115 cm³/mol. The minimum absolute atomic E-state index is 0.228. The zero-order valence-corrected chi connectivity index (χ0v) is 17.3. The summed E-state index contributed by atoms with van der Waals surface area (Å²) in [5, 5.41) is 6.78. The second-order valence-electron chi connectivity index (χ2n) is 7.67. The third-order valence-electron chi connectivity index (χ3n) is 5.54. The minimum atomic E-state index is 0.228. The fraction of sp³-hybridized carbons (Fsp3) is 0.619. The monoisotopic (exact) mass is 386 g/mol. The highest BCUT2D eigenvalue weighted by Crippen LogP contribution is 2.21. The summed E-state index contributed by atoms with van der Waals surface area (Å²) in [5.41, 5.74) is 2.17. The lowest BCUT2D eigenvalue weighted by Crippen LogP contribution is -2.42. The van der Waals surface area contributed by atoms with Crippen molar-refractivity contribution in [3.05, 3.63) is 29.8 Å². The van der Waals surface area contributed by atoms with E-state index in [9.17, 15) is 4.79 Å². The Hall–Kier alpha value is -2.12. The molecule has 7 heteroatoms. The van der Waals surface area contributed by atoms with E-state index in [1.165, 1.54) is 25.1 Å². The van der Waals surface area contributed by atoms with E-state index in [0.717, 1.165) is 50.8 Å². The van der Waals surface area contributed by atoms with E-state index in [2.05, 4.69) is 44.6 Å². The van der Waals surface area contributed by atoms with Crippen molar-refractivity contribution < 1.29 is 4.79 Å². The molecule has 0 aliphatic carbocycles. The number of likely N-dealkylation sites (N-methyl/N-ethyl adjacent to an activating group) is 1. The summed E-state index contributed by atoms with van der Waals surface area (Å²) < 4.78 is 0. The van der Waals surface area contributed by atoms with Crippen molar-refractivity contribution in [2.45, 2.75) is 25.8 Å². The van der Waals surface area contributed by atoms with E-state index in [0.29, 0.717) is 13.0 Å².